The van der Waals surface area contributed by atoms with Crippen LogP contribution in [0.25, 0.3) is 0 Å². The van der Waals surface area contributed by atoms with Crippen LogP contribution in [0.1, 0.15) is 57.6 Å². The maximum Gasteiger partial charge on any atom is 0.0716 e. The van der Waals surface area contributed by atoms with E-state index in [0.29, 0.717) is 18.1 Å². The molecule has 1 saturated carbocycles. The van der Waals surface area contributed by atoms with Crippen LogP contribution >= 0.6 is 0 Å². The molecule has 21 heavy (non-hydrogen) atoms. The minimum Gasteiger partial charge on any atom is -0.380 e. The number of hydrogen-bond donors (Lipinski definition) is 1. The lowest BCUT2D eigenvalue weighted by molar-refractivity contribution is 0.159. The maximum absolute atomic E-state index is 5.28. The van der Waals surface area contributed by atoms with Crippen LogP contribution in [0.5, 0.6) is 0 Å². The van der Waals surface area contributed by atoms with Gasteiger partial charge in [0.15, 0.2) is 0 Å². The summed E-state index contributed by atoms with van der Waals surface area (Å²) in [5, 5.41) is 3.75. The van der Waals surface area contributed by atoms with Gasteiger partial charge in [-0.3, -0.25) is 0 Å². The second-order valence-electron chi connectivity index (χ2n) is 7.50. The minimum absolute atomic E-state index is 0.468. The molecule has 2 heteroatoms. The van der Waals surface area contributed by atoms with Crippen molar-refractivity contribution in [2.45, 2.75) is 65.6 Å². The summed E-state index contributed by atoms with van der Waals surface area (Å²) in [4.78, 5) is 0. The summed E-state index contributed by atoms with van der Waals surface area (Å²) in [6.07, 6.45) is 5.35. The second-order valence-corrected chi connectivity index (χ2v) is 7.50. The van der Waals surface area contributed by atoms with Crippen LogP contribution in [0.2, 0.25) is 0 Å². The van der Waals surface area contributed by atoms with Crippen molar-refractivity contribution in [1.29, 1.82) is 0 Å². The molecule has 2 rings (SSSR count). The topological polar surface area (TPSA) is 21.3 Å². The summed E-state index contributed by atoms with van der Waals surface area (Å²) >= 11 is 0. The van der Waals surface area contributed by atoms with Gasteiger partial charge in [0.05, 0.1) is 6.61 Å². The van der Waals surface area contributed by atoms with Crippen LogP contribution < -0.4 is 5.32 Å². The van der Waals surface area contributed by atoms with Crippen molar-refractivity contribution in [1.82, 2.24) is 5.32 Å². The van der Waals surface area contributed by atoms with Gasteiger partial charge in [-0.15, -0.1) is 0 Å². The lowest BCUT2D eigenvalue weighted by Gasteiger charge is -2.37. The maximum atomic E-state index is 5.28. The molecule has 0 aliphatic heterocycles. The molecular formula is C19H31NO. The normalized spacial score (nSPS) is 23.2. The van der Waals surface area contributed by atoms with E-state index >= 15 is 0 Å². The Morgan fingerprint density at radius 3 is 2.24 bits per heavy atom. The van der Waals surface area contributed by atoms with E-state index in [1.54, 1.807) is 7.11 Å². The number of ether oxygens (including phenoxy) is 1. The number of benzene rings is 1. The molecule has 0 spiro atoms. The molecule has 1 aliphatic rings. The van der Waals surface area contributed by atoms with Crippen molar-refractivity contribution in [3.8, 4) is 0 Å². The largest absolute Gasteiger partial charge is 0.380 e. The predicted molar refractivity (Wildman–Crippen MR) is 89.2 cm³/mol. The molecule has 0 bridgehead atoms. The predicted octanol–water partition coefficient (Wildman–Crippen LogP) is 4.53. The third kappa shape index (κ3) is 4.82. The molecular weight excluding hydrogens is 258 g/mol. The van der Waals surface area contributed by atoms with E-state index in [9.17, 15) is 0 Å². The smallest absolute Gasteiger partial charge is 0.0716 e. The van der Waals surface area contributed by atoms with Gasteiger partial charge in [0, 0.05) is 19.7 Å². The van der Waals surface area contributed by atoms with Crippen LogP contribution in [-0.4, -0.2) is 13.2 Å². The number of methoxy groups -OCH3 is 1. The van der Waals surface area contributed by atoms with Crippen molar-refractivity contribution in [2.75, 3.05) is 7.11 Å². The van der Waals surface area contributed by atoms with Crippen LogP contribution in [0, 0.1) is 11.3 Å². The highest BCUT2D eigenvalue weighted by Crippen LogP contribution is 2.37. The van der Waals surface area contributed by atoms with Gasteiger partial charge < -0.3 is 10.1 Å². The fourth-order valence-corrected chi connectivity index (χ4v) is 3.44. The van der Waals surface area contributed by atoms with Gasteiger partial charge in [-0.2, -0.15) is 0 Å². The average molecular weight is 289 g/mol. The van der Waals surface area contributed by atoms with Crippen molar-refractivity contribution < 1.29 is 4.74 Å². The molecule has 0 radical (unpaired) electrons. The van der Waals surface area contributed by atoms with E-state index in [2.05, 4.69) is 50.4 Å². The molecule has 118 valence electrons. The van der Waals surface area contributed by atoms with Crippen molar-refractivity contribution >= 4 is 0 Å². The molecule has 0 heterocycles. The van der Waals surface area contributed by atoms with Gasteiger partial charge >= 0.3 is 0 Å². The standard InChI is InChI=1S/C19H31NO/c1-19(2,3)17-9-11-18(12-10-17)20-13-15-7-5-6-8-16(15)14-21-4/h5-8,17-18,20H,9-14H2,1-4H3. The van der Waals surface area contributed by atoms with E-state index in [4.69, 9.17) is 4.74 Å². The van der Waals surface area contributed by atoms with Gasteiger partial charge in [-0.1, -0.05) is 45.0 Å². The average Bonchev–Trinajstić information content (AvgIpc) is 2.46. The van der Waals surface area contributed by atoms with E-state index in [1.165, 1.54) is 36.8 Å². The van der Waals surface area contributed by atoms with E-state index in [-0.39, 0.29) is 0 Å². The van der Waals surface area contributed by atoms with Gasteiger partial charge in [0.1, 0.15) is 0 Å². The first-order valence-corrected chi connectivity index (χ1v) is 8.30. The number of rotatable bonds is 5. The van der Waals surface area contributed by atoms with E-state index in [0.717, 1.165) is 12.5 Å². The first-order chi connectivity index (χ1) is 10.0. The Morgan fingerprint density at radius 2 is 1.67 bits per heavy atom. The zero-order chi connectivity index (χ0) is 15.3. The number of hydrogen-bond acceptors (Lipinski definition) is 2. The summed E-state index contributed by atoms with van der Waals surface area (Å²) in [5.74, 6) is 0.885. The Morgan fingerprint density at radius 1 is 1.05 bits per heavy atom. The zero-order valence-corrected chi connectivity index (χ0v) is 14.1. The molecule has 2 nitrogen and oxygen atoms in total. The van der Waals surface area contributed by atoms with Crippen LogP contribution in [-0.2, 0) is 17.9 Å². The summed E-state index contributed by atoms with van der Waals surface area (Å²) in [7, 11) is 1.76. The summed E-state index contributed by atoms with van der Waals surface area (Å²) in [5.41, 5.74) is 3.14. The monoisotopic (exact) mass is 289 g/mol. The minimum atomic E-state index is 0.468. The lowest BCUT2D eigenvalue weighted by atomic mass is 9.71. The third-order valence-corrected chi connectivity index (χ3v) is 4.95. The highest BCUT2D eigenvalue weighted by Gasteiger charge is 2.29. The fraction of sp³-hybridized carbons (Fsp3) is 0.684. The molecule has 1 aliphatic carbocycles. The summed E-state index contributed by atoms with van der Waals surface area (Å²) < 4.78 is 5.28. The molecule has 0 unspecified atom stereocenters. The quantitative estimate of drug-likeness (QED) is 0.860. The van der Waals surface area contributed by atoms with E-state index in [1.807, 2.05) is 0 Å². The Bertz CT molecular complexity index is 427. The zero-order valence-electron chi connectivity index (χ0n) is 14.1. The molecule has 1 aromatic rings. The van der Waals surface area contributed by atoms with Crippen molar-refractivity contribution in [3.05, 3.63) is 35.4 Å². The Balaban J connectivity index is 1.82. The summed E-state index contributed by atoms with van der Waals surface area (Å²) in [6, 6.07) is 9.26. The van der Waals surface area contributed by atoms with E-state index < -0.39 is 0 Å². The lowest BCUT2D eigenvalue weighted by Crippen LogP contribution is -2.36. The Kier molecular flexibility index (Phi) is 5.83. The molecule has 0 saturated heterocycles. The molecule has 0 atom stereocenters. The molecule has 0 amide bonds. The molecule has 1 N–H and O–H groups in total. The van der Waals surface area contributed by atoms with Crippen molar-refractivity contribution in [2.24, 2.45) is 11.3 Å². The number of nitrogens with one attached hydrogen (secondary N) is 1. The van der Waals surface area contributed by atoms with Crippen LogP contribution in [0.3, 0.4) is 0 Å². The van der Waals surface area contributed by atoms with Crippen molar-refractivity contribution in [3.63, 3.8) is 0 Å². The Hall–Kier alpha value is -0.860. The van der Waals surface area contributed by atoms with Crippen LogP contribution in [0.15, 0.2) is 24.3 Å². The summed E-state index contributed by atoms with van der Waals surface area (Å²) in [6.45, 7) is 8.81. The second kappa shape index (κ2) is 7.42. The molecule has 1 fully saturated rings. The SMILES string of the molecule is COCc1ccccc1CNC1CCC(C(C)(C)C)CC1. The third-order valence-electron chi connectivity index (χ3n) is 4.95. The van der Waals surface area contributed by atoms with Crippen LogP contribution in [0.4, 0.5) is 0 Å². The Labute approximate surface area is 130 Å². The molecule has 0 aromatic heterocycles. The van der Waals surface area contributed by atoms with Gasteiger partial charge in [-0.05, 0) is 48.1 Å². The van der Waals surface area contributed by atoms with Gasteiger partial charge in [0.25, 0.3) is 0 Å². The molecule has 1 aromatic carbocycles. The first kappa shape index (κ1) is 16.5. The van der Waals surface area contributed by atoms with Gasteiger partial charge in [-0.25, -0.2) is 0 Å². The first-order valence-electron chi connectivity index (χ1n) is 8.30. The highest BCUT2D eigenvalue weighted by molar-refractivity contribution is 5.26. The fourth-order valence-electron chi connectivity index (χ4n) is 3.44. The van der Waals surface area contributed by atoms with Gasteiger partial charge in [0.2, 0.25) is 0 Å². The highest BCUT2D eigenvalue weighted by atomic mass is 16.5.